The van der Waals surface area contributed by atoms with E-state index >= 15 is 0 Å². The number of H-pyrrole nitrogens is 1. The number of methoxy groups -OCH3 is 2. The molecule has 226 valence electrons. The lowest BCUT2D eigenvalue weighted by Crippen LogP contribution is -2.71. The molecule has 0 radical (unpaired) electrons. The molecule has 43 heavy (non-hydrogen) atoms. The van der Waals surface area contributed by atoms with Crippen molar-refractivity contribution in [2.75, 3.05) is 20.8 Å². The predicted octanol–water partition coefficient (Wildman–Crippen LogP) is 2.48. The molecule has 5 N–H and O–H groups in total. The molecule has 12 heteroatoms. The highest BCUT2D eigenvalue weighted by Crippen LogP contribution is 2.61. The van der Waals surface area contributed by atoms with E-state index < -0.39 is 48.9 Å². The first-order chi connectivity index (χ1) is 20.7. The number of aliphatic hydroxyl groups is 1. The maximum absolute atomic E-state index is 14.1. The van der Waals surface area contributed by atoms with Gasteiger partial charge in [-0.2, -0.15) is 0 Å². The van der Waals surface area contributed by atoms with Gasteiger partial charge in [0.2, 0.25) is 20.0 Å². The van der Waals surface area contributed by atoms with Gasteiger partial charge in [0.1, 0.15) is 12.2 Å². The summed E-state index contributed by atoms with van der Waals surface area (Å²) in [5.41, 5.74) is 2.64. The van der Waals surface area contributed by atoms with E-state index in [4.69, 9.17) is 24.2 Å². The average Bonchev–Trinajstić information content (AvgIpc) is 3.28. The second-order valence-electron chi connectivity index (χ2n) is 10.2. The molecule has 0 spiro atoms. The van der Waals surface area contributed by atoms with Gasteiger partial charge < -0.3 is 28.7 Å². The molecule has 3 aromatic carbocycles. The zero-order chi connectivity index (χ0) is 30.8. The number of ether oxygens (including phenoxy) is 3. The smallest absolute Gasteiger partial charge is 0.330 e. The molecule has 1 aliphatic rings. The van der Waals surface area contributed by atoms with Crippen LogP contribution in [0.4, 0.5) is 0 Å². The van der Waals surface area contributed by atoms with E-state index in [-0.39, 0.29) is 12.2 Å². The fourth-order valence-electron chi connectivity index (χ4n) is 6.39. The molecular weight excluding hydrogens is 573 g/mol. The summed E-state index contributed by atoms with van der Waals surface area (Å²) in [5.74, 6) is -2.14. The first-order valence-electron chi connectivity index (χ1n) is 13.5. The standard InChI is InChI=1S/C31H34N3O8P/c1-21-19-34(28(37)33-27(21)36)31(30(39-2,40-3)26(35)25(42-31)20-41-43(32)38)29(22-13-7-4-8-14-22,23-15-9-5-10-16-23)24-17-11-6-12-18-24/h4-19,25-26,35,38H,20,32H2,1-3H3,(H,33,36,37)/t25-,26-,31-,43?/m1/s1. The van der Waals surface area contributed by atoms with E-state index in [0.29, 0.717) is 16.7 Å². The van der Waals surface area contributed by atoms with Crippen molar-refractivity contribution in [3.8, 4) is 0 Å². The van der Waals surface area contributed by atoms with E-state index in [1.807, 2.05) is 91.0 Å². The van der Waals surface area contributed by atoms with Crippen molar-refractivity contribution in [1.29, 1.82) is 0 Å². The molecule has 0 amide bonds. The van der Waals surface area contributed by atoms with E-state index in [2.05, 4.69) is 4.98 Å². The highest BCUT2D eigenvalue weighted by Gasteiger charge is 2.78. The highest BCUT2D eigenvalue weighted by molar-refractivity contribution is 7.43. The summed E-state index contributed by atoms with van der Waals surface area (Å²) in [5, 5.41) is 12.1. The van der Waals surface area contributed by atoms with Gasteiger partial charge in [-0.1, -0.05) is 91.0 Å². The maximum Gasteiger partial charge on any atom is 0.330 e. The number of nitrogens with zero attached hydrogens (tertiary/aromatic N) is 1. The molecule has 1 unspecified atom stereocenters. The average molecular weight is 608 g/mol. The maximum atomic E-state index is 14.1. The minimum atomic E-state index is -2.32. The number of hydrogen-bond acceptors (Lipinski definition) is 9. The Hall–Kier alpha value is -3.51. The largest absolute Gasteiger partial charge is 0.384 e. The summed E-state index contributed by atoms with van der Waals surface area (Å²) in [6.07, 6.45) is -1.47. The zero-order valence-electron chi connectivity index (χ0n) is 23.9. The van der Waals surface area contributed by atoms with Gasteiger partial charge in [0.25, 0.3) is 5.56 Å². The molecular formula is C31H34N3O8P. The Labute approximate surface area is 249 Å². The Bertz CT molecular complexity index is 1550. The fraction of sp³-hybridized carbons (Fsp3) is 0.290. The number of aromatic amines is 1. The second-order valence-corrected chi connectivity index (χ2v) is 11.1. The molecule has 5 rings (SSSR count). The third kappa shape index (κ3) is 4.69. The zero-order valence-corrected chi connectivity index (χ0v) is 24.8. The van der Waals surface area contributed by atoms with Crippen molar-refractivity contribution in [2.45, 2.75) is 36.1 Å². The number of aromatic nitrogens is 2. The van der Waals surface area contributed by atoms with Gasteiger partial charge in [0.05, 0.1) is 12.0 Å². The molecule has 2 heterocycles. The fourth-order valence-corrected chi connectivity index (χ4v) is 6.69. The van der Waals surface area contributed by atoms with Gasteiger partial charge in [0.15, 0.2) is 0 Å². The second kappa shape index (κ2) is 12.2. The molecule has 4 aromatic rings. The predicted molar refractivity (Wildman–Crippen MR) is 160 cm³/mol. The van der Waals surface area contributed by atoms with Gasteiger partial charge in [0, 0.05) is 26.0 Å². The molecule has 1 saturated heterocycles. The summed E-state index contributed by atoms with van der Waals surface area (Å²) >= 11 is 0. The van der Waals surface area contributed by atoms with Gasteiger partial charge >= 0.3 is 5.69 Å². The van der Waals surface area contributed by atoms with Crippen LogP contribution in [-0.2, 0) is 29.9 Å². The van der Waals surface area contributed by atoms with E-state index in [1.165, 1.54) is 25.0 Å². The van der Waals surface area contributed by atoms with Crippen molar-refractivity contribution in [2.24, 2.45) is 5.50 Å². The van der Waals surface area contributed by atoms with E-state index in [9.17, 15) is 19.6 Å². The molecule has 1 fully saturated rings. The molecule has 0 saturated carbocycles. The quantitative estimate of drug-likeness (QED) is 0.121. The van der Waals surface area contributed by atoms with Crippen LogP contribution in [0.15, 0.2) is 107 Å². The lowest BCUT2D eigenvalue weighted by Gasteiger charge is -2.55. The number of aliphatic hydroxyl groups excluding tert-OH is 1. The number of nitrogens with two attached hydrogens (primary N) is 1. The van der Waals surface area contributed by atoms with Gasteiger partial charge in [-0.15, -0.1) is 0 Å². The lowest BCUT2D eigenvalue weighted by molar-refractivity contribution is -0.339. The third-order valence-corrected chi connectivity index (χ3v) is 8.52. The number of hydrogen-bond donors (Lipinski definition) is 4. The summed E-state index contributed by atoms with van der Waals surface area (Å²) in [7, 11) is 0.353. The molecule has 1 aromatic heterocycles. The van der Waals surface area contributed by atoms with Gasteiger partial charge in [-0.05, 0) is 23.6 Å². The molecule has 11 nitrogen and oxygen atoms in total. The lowest BCUT2D eigenvalue weighted by atomic mass is 9.59. The van der Waals surface area contributed by atoms with Crippen molar-refractivity contribution in [3.63, 3.8) is 0 Å². The Morgan fingerprint density at radius 2 is 1.40 bits per heavy atom. The number of nitrogens with one attached hydrogen (secondary N) is 1. The van der Waals surface area contributed by atoms with E-state index in [0.717, 1.165) is 0 Å². The molecule has 4 atom stereocenters. The monoisotopic (exact) mass is 607 g/mol. The first kappa shape index (κ1) is 30.9. The van der Waals surface area contributed by atoms with Crippen LogP contribution in [0.3, 0.4) is 0 Å². The number of aryl methyl sites for hydroxylation is 1. The number of rotatable bonds is 10. The van der Waals surface area contributed by atoms with Gasteiger partial charge in [-0.3, -0.25) is 19.8 Å². The van der Waals surface area contributed by atoms with Crippen LogP contribution in [0.5, 0.6) is 0 Å². The third-order valence-electron chi connectivity index (χ3n) is 8.10. The number of benzene rings is 3. The Balaban J connectivity index is 2.07. The van der Waals surface area contributed by atoms with Crippen LogP contribution in [0.1, 0.15) is 22.3 Å². The Morgan fingerprint density at radius 3 is 1.81 bits per heavy atom. The van der Waals surface area contributed by atoms with Crippen LogP contribution in [-0.4, -0.2) is 58.4 Å². The van der Waals surface area contributed by atoms with E-state index in [1.54, 1.807) is 6.92 Å². The Morgan fingerprint density at radius 1 is 0.930 bits per heavy atom. The summed E-state index contributed by atoms with van der Waals surface area (Å²) < 4.78 is 25.9. The highest BCUT2D eigenvalue weighted by atomic mass is 31.2. The topological polar surface area (TPSA) is 158 Å². The summed E-state index contributed by atoms with van der Waals surface area (Å²) in [6, 6.07) is 28.0. The molecule has 1 aliphatic heterocycles. The van der Waals surface area contributed by atoms with Crippen LogP contribution >= 0.6 is 8.53 Å². The van der Waals surface area contributed by atoms with Crippen LogP contribution in [0.2, 0.25) is 0 Å². The van der Waals surface area contributed by atoms with Gasteiger partial charge in [-0.25, -0.2) is 4.79 Å². The van der Waals surface area contributed by atoms with Crippen LogP contribution in [0, 0.1) is 6.92 Å². The minimum Gasteiger partial charge on any atom is -0.384 e. The normalized spacial score (nSPS) is 22.4. The molecule has 0 bridgehead atoms. The van der Waals surface area contributed by atoms with Crippen molar-refractivity contribution in [3.05, 3.63) is 140 Å². The summed E-state index contributed by atoms with van der Waals surface area (Å²) in [6.45, 7) is 1.18. The van der Waals surface area contributed by atoms with Crippen molar-refractivity contribution >= 4 is 8.53 Å². The minimum absolute atomic E-state index is 0.196. The van der Waals surface area contributed by atoms with Crippen LogP contribution < -0.4 is 16.8 Å². The SMILES string of the molecule is COC1(OC)[C@H](O)[C@@H](COP(N)O)O[C@]1(n1cc(C)c(=O)[nH]c1=O)C(c1ccccc1)(c1ccccc1)c1ccccc1. The van der Waals surface area contributed by atoms with Crippen molar-refractivity contribution < 1.29 is 28.7 Å². The Kier molecular flexibility index (Phi) is 8.80. The molecule has 0 aliphatic carbocycles. The summed E-state index contributed by atoms with van der Waals surface area (Å²) in [4.78, 5) is 39.0. The van der Waals surface area contributed by atoms with Crippen molar-refractivity contribution in [1.82, 2.24) is 9.55 Å². The van der Waals surface area contributed by atoms with Crippen LogP contribution in [0.25, 0.3) is 0 Å². The first-order valence-corrected chi connectivity index (χ1v) is 14.8.